The molecule has 0 bridgehead atoms. The zero-order valence-corrected chi connectivity index (χ0v) is 22.3. The van der Waals surface area contributed by atoms with Crippen molar-refractivity contribution in [1.29, 1.82) is 0 Å². The molecule has 11 atom stereocenters. The number of nitrogens with one attached hydrogen (secondary N) is 2. The molecule has 2 aliphatic rings. The van der Waals surface area contributed by atoms with Gasteiger partial charge >= 0.3 is 21.3 Å². The van der Waals surface area contributed by atoms with E-state index in [0.717, 1.165) is 23.8 Å². The SMILES string of the molecule is CC(=O)NC1C(O)[C@H](O)C(CO)O[C@@H]1COP(=O)(O)OP(=O)(O)OC[C@H]1O[C@@H](n2ccc(=O)[nH]c2=O)C(O)C1O. The minimum Gasteiger partial charge on any atom is -0.394 e. The van der Waals surface area contributed by atoms with Crippen molar-refractivity contribution in [3.05, 3.63) is 33.1 Å². The minimum absolute atomic E-state index is 0.682. The van der Waals surface area contributed by atoms with Crippen molar-refractivity contribution < 1.29 is 72.1 Å². The number of nitrogens with zero attached hydrogens (tertiary/aromatic N) is 1. The molecular formula is C18H29N3O17P2. The zero-order valence-electron chi connectivity index (χ0n) is 20.5. The molecule has 0 spiro atoms. The number of carbonyl (C=O) groups is 1. The van der Waals surface area contributed by atoms with Crippen molar-refractivity contribution in [3.63, 3.8) is 0 Å². The first-order chi connectivity index (χ1) is 18.5. The van der Waals surface area contributed by atoms with E-state index in [2.05, 4.69) is 18.7 Å². The van der Waals surface area contributed by atoms with Crippen molar-refractivity contribution in [2.45, 2.75) is 61.9 Å². The molecule has 0 saturated carbocycles. The van der Waals surface area contributed by atoms with Crippen LogP contribution in [0.2, 0.25) is 0 Å². The van der Waals surface area contributed by atoms with E-state index in [4.69, 9.17) is 9.47 Å². The summed E-state index contributed by atoms with van der Waals surface area (Å²) in [5, 5.41) is 52.2. The van der Waals surface area contributed by atoms with Crippen LogP contribution in [-0.2, 0) is 36.8 Å². The van der Waals surface area contributed by atoms with Crippen molar-refractivity contribution in [2.24, 2.45) is 0 Å². The van der Waals surface area contributed by atoms with Gasteiger partial charge in [0.15, 0.2) is 6.23 Å². The molecule has 2 fully saturated rings. The Labute approximate surface area is 223 Å². The average molecular weight is 621 g/mol. The number of carbonyl (C=O) groups excluding carboxylic acids is 1. The molecule has 2 aliphatic heterocycles. The van der Waals surface area contributed by atoms with Gasteiger partial charge < -0.3 is 50.1 Å². The summed E-state index contributed by atoms with van der Waals surface area (Å²) in [7, 11) is -10.9. The summed E-state index contributed by atoms with van der Waals surface area (Å²) in [6.45, 7) is -1.67. The molecule has 1 aromatic rings. The van der Waals surface area contributed by atoms with E-state index in [0.29, 0.717) is 0 Å². The van der Waals surface area contributed by atoms with E-state index in [1.54, 1.807) is 0 Å². The normalized spacial score (nSPS) is 35.5. The van der Waals surface area contributed by atoms with E-state index in [9.17, 15) is 58.8 Å². The first-order valence-electron chi connectivity index (χ1n) is 11.4. The van der Waals surface area contributed by atoms with Crippen LogP contribution >= 0.6 is 15.6 Å². The van der Waals surface area contributed by atoms with Gasteiger partial charge in [0.25, 0.3) is 5.56 Å². The molecule has 20 nitrogen and oxygen atoms in total. The van der Waals surface area contributed by atoms with Crippen molar-refractivity contribution >= 4 is 21.6 Å². The van der Waals surface area contributed by atoms with E-state index in [-0.39, 0.29) is 0 Å². The lowest BCUT2D eigenvalue weighted by molar-refractivity contribution is -0.201. The zero-order chi connectivity index (χ0) is 30.0. The van der Waals surface area contributed by atoms with Gasteiger partial charge in [0.05, 0.1) is 25.9 Å². The Hall–Kier alpha value is -1.87. The Morgan fingerprint density at radius 3 is 2.10 bits per heavy atom. The Balaban J connectivity index is 1.60. The third-order valence-corrected chi connectivity index (χ3v) is 8.47. The Kier molecular flexibility index (Phi) is 10.6. The maximum atomic E-state index is 12.3. The smallest absolute Gasteiger partial charge is 0.394 e. The summed E-state index contributed by atoms with van der Waals surface area (Å²) < 4.78 is 49.3. The molecule has 22 heteroatoms. The lowest BCUT2D eigenvalue weighted by atomic mass is 9.93. The summed E-state index contributed by atoms with van der Waals surface area (Å²) in [6.07, 6.45) is -11.8. The highest BCUT2D eigenvalue weighted by molar-refractivity contribution is 7.61. The number of phosphoric acid groups is 2. The number of phosphoric ester groups is 2. The molecule has 1 aromatic heterocycles. The van der Waals surface area contributed by atoms with E-state index in [1.165, 1.54) is 0 Å². The van der Waals surface area contributed by atoms with Crippen LogP contribution < -0.4 is 16.6 Å². The number of aliphatic hydroxyl groups is 5. The molecule has 0 radical (unpaired) electrons. The molecule has 2 saturated heterocycles. The van der Waals surface area contributed by atoms with Gasteiger partial charge in [0.1, 0.15) is 42.7 Å². The second-order valence-electron chi connectivity index (χ2n) is 8.78. The third kappa shape index (κ3) is 7.90. The number of hydrogen-bond acceptors (Lipinski definition) is 15. The standard InChI is InChI=1S/C18H29N3O17P2/c1-7(23)19-12-9(36-8(4-22)13(25)15(12)27)5-34-39(30,31)38-40(32,33)35-6-10-14(26)16(28)17(37-10)21-3-2-11(24)20-18(21)29/h2-3,8-10,12-17,22,25-28H,4-6H2,1H3,(H,19,23)(H,30,31)(H,32,33)(H,20,24,29)/t8?,9-,10-,12?,13-,14?,15?,16?,17-/m1/s1. The highest BCUT2D eigenvalue weighted by Gasteiger charge is 2.48. The molecule has 228 valence electrons. The summed E-state index contributed by atoms with van der Waals surface area (Å²) >= 11 is 0. The molecule has 0 aliphatic carbocycles. The van der Waals surface area contributed by atoms with Crippen molar-refractivity contribution in [1.82, 2.24) is 14.9 Å². The van der Waals surface area contributed by atoms with E-state index in [1.807, 2.05) is 4.98 Å². The topological polar surface area (TPSA) is 306 Å². The van der Waals surface area contributed by atoms with Gasteiger partial charge in [-0.1, -0.05) is 0 Å². The van der Waals surface area contributed by atoms with Gasteiger partial charge in [-0.3, -0.25) is 28.2 Å². The van der Waals surface area contributed by atoms with Gasteiger partial charge in [0, 0.05) is 19.2 Å². The number of amides is 1. The fourth-order valence-corrected chi connectivity index (χ4v) is 6.08. The number of aromatic nitrogens is 2. The molecule has 3 heterocycles. The minimum atomic E-state index is -5.43. The number of aromatic amines is 1. The average Bonchev–Trinajstić information content (AvgIpc) is 3.13. The Bertz CT molecular complexity index is 1260. The van der Waals surface area contributed by atoms with E-state index >= 15 is 0 Å². The van der Waals surface area contributed by atoms with Gasteiger partial charge in [-0.15, -0.1) is 0 Å². The first kappa shape index (κ1) is 32.6. The summed E-state index contributed by atoms with van der Waals surface area (Å²) in [4.78, 5) is 56.4. The summed E-state index contributed by atoms with van der Waals surface area (Å²) in [5.41, 5.74) is -1.74. The van der Waals surface area contributed by atoms with Crippen molar-refractivity contribution in [2.75, 3.05) is 19.8 Å². The van der Waals surface area contributed by atoms with Gasteiger partial charge in [-0.25, -0.2) is 13.9 Å². The number of H-pyrrole nitrogens is 1. The van der Waals surface area contributed by atoms with Crippen LogP contribution in [0.15, 0.2) is 21.9 Å². The largest absolute Gasteiger partial charge is 0.481 e. The maximum Gasteiger partial charge on any atom is 0.481 e. The molecule has 3 rings (SSSR count). The molecule has 7 unspecified atom stereocenters. The molecule has 0 aromatic carbocycles. The second kappa shape index (κ2) is 13.0. The number of aliphatic hydroxyl groups excluding tert-OH is 5. The second-order valence-corrected chi connectivity index (χ2v) is 11.8. The number of ether oxygens (including phenoxy) is 2. The highest BCUT2D eigenvalue weighted by Crippen LogP contribution is 2.60. The Morgan fingerprint density at radius 1 is 0.975 bits per heavy atom. The molecular weight excluding hydrogens is 592 g/mol. The number of hydrogen-bond donors (Lipinski definition) is 9. The van der Waals surface area contributed by atoms with Crippen LogP contribution in [0.4, 0.5) is 0 Å². The quantitative estimate of drug-likeness (QED) is 0.105. The van der Waals surface area contributed by atoms with Gasteiger partial charge in [0.2, 0.25) is 5.91 Å². The van der Waals surface area contributed by atoms with E-state index < -0.39 is 108 Å². The van der Waals surface area contributed by atoms with Crippen LogP contribution in [0.25, 0.3) is 0 Å². The third-order valence-electron chi connectivity index (χ3n) is 5.87. The summed E-state index contributed by atoms with van der Waals surface area (Å²) in [5.74, 6) is -0.682. The lowest BCUT2D eigenvalue weighted by Crippen LogP contribution is -2.64. The molecule has 40 heavy (non-hydrogen) atoms. The maximum absolute atomic E-state index is 12.3. The molecule has 1 amide bonds. The van der Waals surface area contributed by atoms with Gasteiger partial charge in [-0.2, -0.15) is 4.31 Å². The fourth-order valence-electron chi connectivity index (χ4n) is 3.99. The number of rotatable bonds is 11. The van der Waals surface area contributed by atoms with Gasteiger partial charge in [-0.05, 0) is 0 Å². The van der Waals surface area contributed by atoms with Crippen LogP contribution in [0, 0.1) is 0 Å². The fraction of sp³-hybridized carbons (Fsp3) is 0.722. The predicted octanol–water partition coefficient (Wildman–Crippen LogP) is -4.61. The van der Waals surface area contributed by atoms with Crippen molar-refractivity contribution in [3.8, 4) is 0 Å². The lowest BCUT2D eigenvalue weighted by Gasteiger charge is -2.42. The Morgan fingerprint density at radius 2 is 1.55 bits per heavy atom. The highest BCUT2D eigenvalue weighted by atomic mass is 31.3. The monoisotopic (exact) mass is 621 g/mol. The summed E-state index contributed by atoms with van der Waals surface area (Å²) in [6, 6.07) is -0.450. The van der Waals surface area contributed by atoms with Crippen LogP contribution in [0.5, 0.6) is 0 Å². The van der Waals surface area contributed by atoms with Crippen LogP contribution in [0.1, 0.15) is 13.2 Å². The molecule has 9 N–H and O–H groups in total. The first-order valence-corrected chi connectivity index (χ1v) is 14.4. The van der Waals surface area contributed by atoms with Crippen LogP contribution in [0.3, 0.4) is 0 Å². The van der Waals surface area contributed by atoms with Crippen LogP contribution in [-0.4, -0.2) is 119 Å². The predicted molar refractivity (Wildman–Crippen MR) is 125 cm³/mol.